The van der Waals surface area contributed by atoms with Gasteiger partial charge in [0.2, 0.25) is 5.91 Å². The van der Waals surface area contributed by atoms with Crippen molar-refractivity contribution in [3.05, 3.63) is 88.0 Å². The molecule has 3 aromatic rings. The number of carbonyl (C=O) groups is 1. The molecule has 0 unspecified atom stereocenters. The lowest BCUT2D eigenvalue weighted by Gasteiger charge is -2.24. The monoisotopic (exact) mass is 469 g/mol. The molecular formula is C23H23N3O6S. The van der Waals surface area contributed by atoms with Crippen LogP contribution in [0.1, 0.15) is 11.1 Å². The van der Waals surface area contributed by atoms with Gasteiger partial charge in [0.25, 0.3) is 15.7 Å². The van der Waals surface area contributed by atoms with E-state index >= 15 is 0 Å². The Balaban J connectivity index is 1.96. The van der Waals surface area contributed by atoms with Crippen molar-refractivity contribution >= 4 is 33.0 Å². The maximum absolute atomic E-state index is 13.5. The second kappa shape index (κ2) is 9.70. The molecule has 3 rings (SSSR count). The van der Waals surface area contributed by atoms with Crippen molar-refractivity contribution < 1.29 is 22.9 Å². The van der Waals surface area contributed by atoms with Gasteiger partial charge >= 0.3 is 0 Å². The summed E-state index contributed by atoms with van der Waals surface area (Å²) in [5.74, 6) is -0.102. The maximum Gasteiger partial charge on any atom is 0.274 e. The van der Waals surface area contributed by atoms with E-state index in [9.17, 15) is 23.3 Å². The van der Waals surface area contributed by atoms with Crippen LogP contribution in [-0.2, 0) is 14.8 Å². The van der Waals surface area contributed by atoms with E-state index in [1.54, 1.807) is 43.3 Å². The summed E-state index contributed by atoms with van der Waals surface area (Å²) in [6, 6.07) is 17.0. The van der Waals surface area contributed by atoms with Gasteiger partial charge < -0.3 is 10.1 Å². The van der Waals surface area contributed by atoms with E-state index in [4.69, 9.17) is 4.74 Å². The molecular weight excluding hydrogens is 446 g/mol. The number of hydrogen-bond acceptors (Lipinski definition) is 6. The number of sulfonamides is 1. The molecule has 0 heterocycles. The number of ether oxygens (including phenoxy) is 1. The Morgan fingerprint density at radius 2 is 1.76 bits per heavy atom. The number of nitrogens with zero attached hydrogens (tertiary/aromatic N) is 2. The highest BCUT2D eigenvalue weighted by Crippen LogP contribution is 2.28. The van der Waals surface area contributed by atoms with Crippen LogP contribution in [0.5, 0.6) is 5.75 Å². The summed E-state index contributed by atoms with van der Waals surface area (Å²) in [6.45, 7) is 2.71. The number of amides is 1. The summed E-state index contributed by atoms with van der Waals surface area (Å²) in [5.41, 5.74) is 1.30. The van der Waals surface area contributed by atoms with Gasteiger partial charge in [-0.3, -0.25) is 19.2 Å². The third kappa shape index (κ3) is 5.12. The molecule has 0 radical (unpaired) electrons. The Labute approximate surface area is 191 Å². The Hall–Kier alpha value is -3.92. The van der Waals surface area contributed by atoms with Gasteiger partial charge in [0.1, 0.15) is 12.3 Å². The predicted molar refractivity (Wildman–Crippen MR) is 125 cm³/mol. The Morgan fingerprint density at radius 3 is 2.36 bits per heavy atom. The smallest absolute Gasteiger partial charge is 0.274 e. The number of aryl methyl sites for hydroxylation is 1. The summed E-state index contributed by atoms with van der Waals surface area (Å²) in [7, 11) is -2.62. The summed E-state index contributed by atoms with van der Waals surface area (Å²) in [5, 5.41) is 13.8. The van der Waals surface area contributed by atoms with Crippen LogP contribution < -0.4 is 14.4 Å². The largest absolute Gasteiger partial charge is 0.496 e. The number of rotatable bonds is 8. The van der Waals surface area contributed by atoms with E-state index in [2.05, 4.69) is 5.32 Å². The van der Waals surface area contributed by atoms with Crippen molar-refractivity contribution in [2.24, 2.45) is 0 Å². The summed E-state index contributed by atoms with van der Waals surface area (Å²) in [4.78, 5) is 23.5. The molecule has 0 saturated heterocycles. The number of para-hydroxylation sites is 1. The third-order valence-corrected chi connectivity index (χ3v) is 6.83. The second-order valence-electron chi connectivity index (χ2n) is 7.23. The van der Waals surface area contributed by atoms with E-state index in [0.29, 0.717) is 17.0 Å². The van der Waals surface area contributed by atoms with Gasteiger partial charge in [0.05, 0.1) is 33.9 Å². The second-order valence-corrected chi connectivity index (χ2v) is 9.10. The highest BCUT2D eigenvalue weighted by molar-refractivity contribution is 7.92. The fourth-order valence-electron chi connectivity index (χ4n) is 3.32. The molecule has 0 saturated carbocycles. The first kappa shape index (κ1) is 23.7. The van der Waals surface area contributed by atoms with E-state index in [1.807, 2.05) is 0 Å². The number of nitro groups is 1. The number of nitro benzene ring substituents is 1. The number of methoxy groups -OCH3 is 1. The molecule has 33 heavy (non-hydrogen) atoms. The van der Waals surface area contributed by atoms with Gasteiger partial charge in [-0.1, -0.05) is 24.3 Å². The molecule has 1 N–H and O–H groups in total. The minimum Gasteiger partial charge on any atom is -0.496 e. The molecule has 0 aliphatic carbocycles. The van der Waals surface area contributed by atoms with Crippen molar-refractivity contribution in [1.82, 2.24) is 0 Å². The number of hydrogen-bond donors (Lipinski definition) is 1. The average Bonchev–Trinajstić information content (AvgIpc) is 2.79. The molecule has 0 aliphatic heterocycles. The van der Waals surface area contributed by atoms with E-state index < -0.39 is 27.4 Å². The van der Waals surface area contributed by atoms with Crippen LogP contribution in [0.3, 0.4) is 0 Å². The Kier molecular flexibility index (Phi) is 6.98. The molecule has 9 nitrogen and oxygen atoms in total. The van der Waals surface area contributed by atoms with E-state index in [1.165, 1.54) is 44.4 Å². The molecule has 0 bridgehead atoms. The minimum atomic E-state index is -4.11. The van der Waals surface area contributed by atoms with Crippen molar-refractivity contribution in [2.45, 2.75) is 18.7 Å². The van der Waals surface area contributed by atoms with Crippen LogP contribution in [0, 0.1) is 24.0 Å². The first-order valence-electron chi connectivity index (χ1n) is 9.91. The first-order chi connectivity index (χ1) is 15.6. The van der Waals surface area contributed by atoms with Crippen LogP contribution in [0.15, 0.2) is 71.6 Å². The summed E-state index contributed by atoms with van der Waals surface area (Å²) < 4.78 is 33.2. The zero-order valence-electron chi connectivity index (χ0n) is 18.3. The topological polar surface area (TPSA) is 119 Å². The number of nitrogens with one attached hydrogen (secondary N) is 1. The van der Waals surface area contributed by atoms with Crippen molar-refractivity contribution in [2.75, 3.05) is 23.3 Å². The van der Waals surface area contributed by atoms with Crippen LogP contribution in [-0.4, -0.2) is 32.9 Å². The molecule has 3 aromatic carbocycles. The fourth-order valence-corrected chi connectivity index (χ4v) is 4.83. The van der Waals surface area contributed by atoms with Gasteiger partial charge in [0.15, 0.2) is 0 Å². The molecule has 10 heteroatoms. The number of carbonyl (C=O) groups excluding carboxylic acids is 1. The molecule has 0 aliphatic rings. The van der Waals surface area contributed by atoms with Gasteiger partial charge in [-0.05, 0) is 55.8 Å². The standard InChI is InChI=1S/C23H23N3O6S/c1-16-14-19(12-13-22(16)32-3)33(30,31)25(18-8-5-4-6-9-18)15-23(27)24-20-10-7-11-21(17(20)2)26(28)29/h4-14H,15H2,1-3H3,(H,24,27). The first-order valence-corrected chi connectivity index (χ1v) is 11.4. The van der Waals surface area contributed by atoms with Crippen LogP contribution in [0.4, 0.5) is 17.1 Å². The highest BCUT2D eigenvalue weighted by atomic mass is 32.2. The Morgan fingerprint density at radius 1 is 1.06 bits per heavy atom. The Bertz CT molecular complexity index is 1290. The molecule has 0 atom stereocenters. The van der Waals surface area contributed by atoms with E-state index in [-0.39, 0.29) is 21.8 Å². The fraction of sp³-hybridized carbons (Fsp3) is 0.174. The van der Waals surface area contributed by atoms with E-state index in [0.717, 1.165) is 4.31 Å². The minimum absolute atomic E-state index is 0.00369. The predicted octanol–water partition coefficient (Wildman–Crippen LogP) is 4.05. The number of benzene rings is 3. The zero-order valence-corrected chi connectivity index (χ0v) is 19.1. The lowest BCUT2D eigenvalue weighted by molar-refractivity contribution is -0.385. The van der Waals surface area contributed by atoms with Gasteiger partial charge in [-0.2, -0.15) is 0 Å². The molecule has 0 aromatic heterocycles. The highest BCUT2D eigenvalue weighted by Gasteiger charge is 2.28. The maximum atomic E-state index is 13.5. The zero-order chi connectivity index (χ0) is 24.2. The summed E-state index contributed by atoms with van der Waals surface area (Å²) in [6.07, 6.45) is 0. The third-order valence-electron chi connectivity index (χ3n) is 5.06. The lowest BCUT2D eigenvalue weighted by atomic mass is 10.1. The number of anilines is 2. The molecule has 172 valence electrons. The van der Waals surface area contributed by atoms with Crippen molar-refractivity contribution in [3.8, 4) is 5.75 Å². The summed E-state index contributed by atoms with van der Waals surface area (Å²) >= 11 is 0. The molecule has 0 fully saturated rings. The molecule has 0 spiro atoms. The van der Waals surface area contributed by atoms with Crippen LogP contribution >= 0.6 is 0 Å². The van der Waals surface area contributed by atoms with Crippen LogP contribution in [0.25, 0.3) is 0 Å². The normalized spacial score (nSPS) is 11.0. The lowest BCUT2D eigenvalue weighted by Crippen LogP contribution is -2.38. The van der Waals surface area contributed by atoms with Crippen LogP contribution in [0.2, 0.25) is 0 Å². The SMILES string of the molecule is COc1ccc(S(=O)(=O)N(CC(=O)Nc2cccc([N+](=O)[O-])c2C)c2ccccc2)cc1C. The quantitative estimate of drug-likeness (QED) is 0.393. The van der Waals surface area contributed by atoms with Crippen molar-refractivity contribution in [1.29, 1.82) is 0 Å². The van der Waals surface area contributed by atoms with Gasteiger partial charge in [-0.15, -0.1) is 0 Å². The van der Waals surface area contributed by atoms with Crippen molar-refractivity contribution in [3.63, 3.8) is 0 Å². The van der Waals surface area contributed by atoms with Gasteiger partial charge in [0, 0.05) is 6.07 Å². The van der Waals surface area contributed by atoms with Gasteiger partial charge in [-0.25, -0.2) is 8.42 Å². The molecule has 1 amide bonds. The average molecular weight is 470 g/mol.